The molecule has 0 aliphatic heterocycles. The largest absolute Gasteiger partial charge is 0.465 e. The molecule has 32 heavy (non-hydrogen) atoms. The van der Waals surface area contributed by atoms with Crippen LogP contribution < -0.4 is 0 Å². The zero-order valence-electron chi connectivity index (χ0n) is 18.3. The highest BCUT2D eigenvalue weighted by molar-refractivity contribution is 7.89. The third kappa shape index (κ3) is 5.52. The lowest BCUT2D eigenvalue weighted by atomic mass is 9.86. The number of nitrogens with zero attached hydrogens (tertiary/aromatic N) is 2. The van der Waals surface area contributed by atoms with Gasteiger partial charge in [-0.05, 0) is 37.3 Å². The molecule has 0 amide bonds. The van der Waals surface area contributed by atoms with Crippen molar-refractivity contribution < 1.29 is 27.5 Å². The van der Waals surface area contributed by atoms with Crippen LogP contribution in [-0.2, 0) is 30.9 Å². The van der Waals surface area contributed by atoms with E-state index >= 15 is 0 Å². The molecule has 2 aromatic rings. The van der Waals surface area contributed by atoms with E-state index in [4.69, 9.17) is 4.74 Å². The second kappa shape index (κ2) is 10.7. The quantitative estimate of drug-likeness (QED) is 0.558. The van der Waals surface area contributed by atoms with Crippen LogP contribution in [0.5, 0.6) is 0 Å². The Labute approximate surface area is 188 Å². The number of methoxy groups -OCH3 is 1. The van der Waals surface area contributed by atoms with E-state index in [1.54, 1.807) is 6.92 Å². The Morgan fingerprint density at radius 3 is 2.41 bits per heavy atom. The lowest BCUT2D eigenvalue weighted by Crippen LogP contribution is -2.43. The Kier molecular flexibility index (Phi) is 7.98. The summed E-state index contributed by atoms with van der Waals surface area (Å²) in [6.07, 6.45) is 4.74. The summed E-state index contributed by atoms with van der Waals surface area (Å²) in [6, 6.07) is 10.5. The van der Waals surface area contributed by atoms with E-state index in [0.29, 0.717) is 25.7 Å². The maximum atomic E-state index is 13.2. The van der Waals surface area contributed by atoms with Crippen molar-refractivity contribution in [1.82, 2.24) is 9.29 Å². The van der Waals surface area contributed by atoms with Gasteiger partial charge in [-0.15, -0.1) is 0 Å². The molecule has 0 N–H and O–H groups in total. The van der Waals surface area contributed by atoms with Gasteiger partial charge in [-0.2, -0.15) is 4.31 Å². The number of esters is 2. The molecule has 0 unspecified atom stereocenters. The number of sulfonamides is 1. The number of aromatic nitrogens is 1. The van der Waals surface area contributed by atoms with E-state index in [0.717, 1.165) is 5.56 Å². The van der Waals surface area contributed by atoms with Crippen molar-refractivity contribution in [2.24, 2.45) is 5.92 Å². The maximum absolute atomic E-state index is 13.2. The third-order valence-corrected chi connectivity index (χ3v) is 7.71. The fourth-order valence-electron chi connectivity index (χ4n) is 4.00. The monoisotopic (exact) mass is 460 g/mol. The van der Waals surface area contributed by atoms with E-state index in [9.17, 15) is 18.0 Å². The van der Waals surface area contributed by atoms with Crippen molar-refractivity contribution in [1.29, 1.82) is 0 Å². The van der Waals surface area contributed by atoms with Crippen molar-refractivity contribution >= 4 is 22.0 Å². The number of hydrogen-bond donors (Lipinski definition) is 0. The lowest BCUT2D eigenvalue weighted by Gasteiger charge is -2.34. The molecule has 1 heterocycles. The molecule has 0 atom stereocenters. The number of benzene rings is 1. The Morgan fingerprint density at radius 2 is 1.78 bits per heavy atom. The van der Waals surface area contributed by atoms with Crippen LogP contribution in [0.15, 0.2) is 53.7 Å². The number of pyridine rings is 1. The Balaban J connectivity index is 1.63. The standard InChI is InChI=1S/C23H28N2O6S/c1-3-25(32(28,29)21-13-19(14-24-15-21)22(26)30-2)20-11-9-18(10-12-20)23(27)31-16-17-7-5-4-6-8-17/h4-8,13-15,18,20H,3,9-12,16H2,1-2H3/t18-,20-. The summed E-state index contributed by atoms with van der Waals surface area (Å²) in [6.45, 7) is 2.28. The minimum Gasteiger partial charge on any atom is -0.465 e. The second-order valence-electron chi connectivity index (χ2n) is 7.71. The molecule has 0 radical (unpaired) electrons. The van der Waals surface area contributed by atoms with Crippen LogP contribution >= 0.6 is 0 Å². The van der Waals surface area contributed by atoms with E-state index in [1.807, 2.05) is 30.3 Å². The van der Waals surface area contributed by atoms with Gasteiger partial charge < -0.3 is 9.47 Å². The van der Waals surface area contributed by atoms with Crippen molar-refractivity contribution in [2.45, 2.75) is 50.2 Å². The highest BCUT2D eigenvalue weighted by Crippen LogP contribution is 2.31. The number of hydrogen-bond acceptors (Lipinski definition) is 7. The molecule has 9 heteroatoms. The molecule has 3 rings (SSSR count). The average Bonchev–Trinajstić information content (AvgIpc) is 2.83. The first-order valence-corrected chi connectivity index (χ1v) is 12.1. The maximum Gasteiger partial charge on any atom is 0.339 e. The molecule has 0 spiro atoms. The molecule has 0 bridgehead atoms. The summed E-state index contributed by atoms with van der Waals surface area (Å²) in [4.78, 5) is 28.1. The molecule has 1 aliphatic carbocycles. The molecule has 1 saturated carbocycles. The molecule has 8 nitrogen and oxygen atoms in total. The normalized spacial score (nSPS) is 18.8. The van der Waals surface area contributed by atoms with Crippen LogP contribution in [0.4, 0.5) is 0 Å². The highest BCUT2D eigenvalue weighted by atomic mass is 32.2. The molecule has 1 aromatic carbocycles. The van der Waals surface area contributed by atoms with Crippen LogP contribution in [0, 0.1) is 5.92 Å². The Hall–Kier alpha value is -2.78. The molecule has 1 aliphatic rings. The topological polar surface area (TPSA) is 103 Å². The molecule has 172 valence electrons. The van der Waals surface area contributed by atoms with Crippen molar-refractivity contribution in [3.05, 3.63) is 59.9 Å². The second-order valence-corrected chi connectivity index (χ2v) is 9.60. The van der Waals surface area contributed by atoms with Crippen molar-refractivity contribution in [3.8, 4) is 0 Å². The zero-order valence-corrected chi connectivity index (χ0v) is 19.1. The fourth-order valence-corrected chi connectivity index (χ4v) is 5.68. The van der Waals surface area contributed by atoms with Gasteiger partial charge in [0.1, 0.15) is 11.5 Å². The fraction of sp³-hybridized carbons (Fsp3) is 0.435. The summed E-state index contributed by atoms with van der Waals surface area (Å²) in [7, 11) is -2.62. The highest BCUT2D eigenvalue weighted by Gasteiger charge is 2.36. The van der Waals surface area contributed by atoms with Gasteiger partial charge in [-0.1, -0.05) is 37.3 Å². The summed E-state index contributed by atoms with van der Waals surface area (Å²) >= 11 is 0. The summed E-state index contributed by atoms with van der Waals surface area (Å²) in [5.41, 5.74) is 1.01. The Morgan fingerprint density at radius 1 is 1.09 bits per heavy atom. The first-order chi connectivity index (χ1) is 15.4. The molecular formula is C23H28N2O6S. The SMILES string of the molecule is CCN([C@H]1CC[C@H](C(=O)OCc2ccccc2)CC1)S(=O)(=O)c1cncc(C(=O)OC)c1. The smallest absolute Gasteiger partial charge is 0.339 e. The van der Waals surface area contributed by atoms with Gasteiger partial charge >= 0.3 is 11.9 Å². The third-order valence-electron chi connectivity index (χ3n) is 5.71. The van der Waals surface area contributed by atoms with Crippen molar-refractivity contribution in [2.75, 3.05) is 13.7 Å². The van der Waals surface area contributed by atoms with Gasteiger partial charge in [-0.25, -0.2) is 13.2 Å². The van der Waals surface area contributed by atoms with E-state index in [1.165, 1.54) is 29.9 Å². The van der Waals surface area contributed by atoms with Crippen molar-refractivity contribution in [3.63, 3.8) is 0 Å². The predicted octanol–water partition coefficient (Wildman–Crippen LogP) is 3.18. The molecule has 1 aromatic heterocycles. The summed E-state index contributed by atoms with van der Waals surface area (Å²) in [5.74, 6) is -1.12. The molecule has 0 saturated heterocycles. The number of carbonyl (C=O) groups is 2. The lowest BCUT2D eigenvalue weighted by molar-refractivity contribution is -0.151. The summed E-state index contributed by atoms with van der Waals surface area (Å²) < 4.78 is 38.0. The first-order valence-electron chi connectivity index (χ1n) is 10.6. The minimum atomic E-state index is -3.85. The van der Waals surface area contributed by atoms with E-state index < -0.39 is 16.0 Å². The summed E-state index contributed by atoms with van der Waals surface area (Å²) in [5, 5.41) is 0. The zero-order chi connectivity index (χ0) is 23.1. The minimum absolute atomic E-state index is 0.0494. The first kappa shape index (κ1) is 23.9. The van der Waals surface area contributed by atoms with E-state index in [2.05, 4.69) is 9.72 Å². The van der Waals surface area contributed by atoms with Crippen LogP contribution in [0.25, 0.3) is 0 Å². The molecule has 1 fully saturated rings. The predicted molar refractivity (Wildman–Crippen MR) is 117 cm³/mol. The van der Waals surface area contributed by atoms with Crippen LogP contribution in [0.2, 0.25) is 0 Å². The van der Waals surface area contributed by atoms with Gasteiger partial charge in [-0.3, -0.25) is 9.78 Å². The number of rotatable bonds is 8. The van der Waals surface area contributed by atoms with Crippen LogP contribution in [-0.4, -0.2) is 49.3 Å². The van der Waals surface area contributed by atoms with Crippen LogP contribution in [0.3, 0.4) is 0 Å². The van der Waals surface area contributed by atoms with Gasteiger partial charge in [0, 0.05) is 25.0 Å². The van der Waals surface area contributed by atoms with Gasteiger partial charge in [0.05, 0.1) is 18.6 Å². The van der Waals surface area contributed by atoms with Gasteiger partial charge in [0.15, 0.2) is 0 Å². The number of carbonyl (C=O) groups excluding carboxylic acids is 2. The number of ether oxygens (including phenoxy) is 2. The van der Waals surface area contributed by atoms with Gasteiger partial charge in [0.2, 0.25) is 10.0 Å². The van der Waals surface area contributed by atoms with Gasteiger partial charge in [0.25, 0.3) is 0 Å². The van der Waals surface area contributed by atoms with Crippen LogP contribution in [0.1, 0.15) is 48.5 Å². The average molecular weight is 461 g/mol. The molecular weight excluding hydrogens is 432 g/mol. The Bertz CT molecular complexity index is 1030. The van der Waals surface area contributed by atoms with E-state index in [-0.39, 0.29) is 41.5 Å².